The van der Waals surface area contributed by atoms with Crippen molar-refractivity contribution in [3.8, 4) is 11.1 Å². The van der Waals surface area contributed by atoms with Crippen molar-refractivity contribution in [3.05, 3.63) is 54.1 Å². The van der Waals surface area contributed by atoms with E-state index in [0.29, 0.717) is 18.7 Å². The van der Waals surface area contributed by atoms with Gasteiger partial charge in [0.2, 0.25) is 0 Å². The van der Waals surface area contributed by atoms with Crippen molar-refractivity contribution in [1.82, 2.24) is 4.90 Å². The second-order valence-electron chi connectivity index (χ2n) is 6.43. The Balaban J connectivity index is 1.65. The van der Waals surface area contributed by atoms with Gasteiger partial charge in [-0.2, -0.15) is 0 Å². The lowest BCUT2D eigenvalue weighted by Gasteiger charge is -2.21. The van der Waals surface area contributed by atoms with E-state index in [4.69, 9.17) is 5.11 Å². The maximum absolute atomic E-state index is 12.2. The van der Waals surface area contributed by atoms with Gasteiger partial charge in [-0.25, -0.2) is 4.79 Å². The highest BCUT2D eigenvalue weighted by Gasteiger charge is 2.37. The van der Waals surface area contributed by atoms with Crippen LogP contribution in [0.5, 0.6) is 0 Å². The van der Waals surface area contributed by atoms with Crippen LogP contribution in [-0.2, 0) is 0 Å². The van der Waals surface area contributed by atoms with Gasteiger partial charge in [0.1, 0.15) is 5.60 Å². The fraction of sp³-hybridized carbons (Fsp3) is 0.316. The number of carbonyl (C=O) groups excluding carboxylic acids is 1. The molecule has 2 aromatic rings. The normalized spacial score (nSPS) is 20.2. The summed E-state index contributed by atoms with van der Waals surface area (Å²) < 4.78 is 0. The summed E-state index contributed by atoms with van der Waals surface area (Å²) in [6, 6.07) is 15.7. The van der Waals surface area contributed by atoms with E-state index in [0.717, 1.165) is 11.1 Å². The Morgan fingerprint density at radius 2 is 1.96 bits per heavy atom. The third kappa shape index (κ3) is 3.58. The lowest BCUT2D eigenvalue weighted by Crippen LogP contribution is -2.40. The number of benzene rings is 2. The second-order valence-corrected chi connectivity index (χ2v) is 6.43. The molecule has 0 radical (unpaired) electrons. The minimum absolute atomic E-state index is 0.150. The standard InChI is InChI=1S/C19H22N2O3/c1-14-3-2-4-16(11-14)15-5-7-17(8-6-15)20-18(23)21-10-9-19(24,12-21)13-22/h2-8,11,22,24H,9-10,12-13H2,1H3,(H,20,23). The Morgan fingerprint density at radius 3 is 2.58 bits per heavy atom. The van der Waals surface area contributed by atoms with E-state index in [1.807, 2.05) is 30.3 Å². The number of β-amino-alcohol motifs (C(OH)–C–C–N with tert-alkyl or cyclic N) is 1. The zero-order valence-corrected chi connectivity index (χ0v) is 13.7. The van der Waals surface area contributed by atoms with Crippen LogP contribution in [0.4, 0.5) is 10.5 Å². The van der Waals surface area contributed by atoms with Crippen molar-refractivity contribution in [2.24, 2.45) is 0 Å². The molecule has 1 aliphatic rings. The molecule has 126 valence electrons. The van der Waals surface area contributed by atoms with Gasteiger partial charge in [0.25, 0.3) is 0 Å². The summed E-state index contributed by atoms with van der Waals surface area (Å²) in [5.41, 5.74) is 2.96. The molecule has 1 saturated heterocycles. The van der Waals surface area contributed by atoms with Gasteiger partial charge in [-0.15, -0.1) is 0 Å². The first-order valence-corrected chi connectivity index (χ1v) is 8.05. The molecule has 0 aromatic heterocycles. The van der Waals surface area contributed by atoms with E-state index < -0.39 is 5.60 Å². The molecule has 1 atom stereocenters. The first-order valence-electron chi connectivity index (χ1n) is 8.05. The Morgan fingerprint density at radius 1 is 1.21 bits per heavy atom. The number of carbonyl (C=O) groups is 1. The number of hydrogen-bond donors (Lipinski definition) is 3. The average Bonchev–Trinajstić information content (AvgIpc) is 2.99. The predicted molar refractivity (Wildman–Crippen MR) is 93.9 cm³/mol. The lowest BCUT2D eigenvalue weighted by molar-refractivity contribution is -0.00246. The summed E-state index contributed by atoms with van der Waals surface area (Å²) in [6.07, 6.45) is 0.392. The predicted octanol–water partition coefficient (Wildman–Crippen LogP) is 2.62. The molecule has 0 spiro atoms. The van der Waals surface area contributed by atoms with Gasteiger partial charge in [0, 0.05) is 12.2 Å². The Kier molecular flexibility index (Phi) is 4.55. The number of amides is 2. The molecule has 0 saturated carbocycles. The highest BCUT2D eigenvalue weighted by molar-refractivity contribution is 5.90. The number of aryl methyl sites for hydroxylation is 1. The minimum atomic E-state index is -1.17. The Bertz CT molecular complexity index is 730. The van der Waals surface area contributed by atoms with Crippen LogP contribution >= 0.6 is 0 Å². The molecule has 0 aliphatic carbocycles. The van der Waals surface area contributed by atoms with Crippen LogP contribution in [0.1, 0.15) is 12.0 Å². The Hall–Kier alpha value is -2.37. The third-order valence-electron chi connectivity index (χ3n) is 4.40. The zero-order chi connectivity index (χ0) is 17.2. The van der Waals surface area contributed by atoms with Gasteiger partial charge in [0.15, 0.2) is 0 Å². The number of rotatable bonds is 3. The summed E-state index contributed by atoms with van der Waals surface area (Å²) in [7, 11) is 0. The maximum Gasteiger partial charge on any atom is 0.321 e. The fourth-order valence-electron chi connectivity index (χ4n) is 2.93. The van der Waals surface area contributed by atoms with Gasteiger partial charge in [-0.3, -0.25) is 0 Å². The SMILES string of the molecule is Cc1cccc(-c2ccc(NC(=O)N3CCC(O)(CO)C3)cc2)c1. The number of likely N-dealkylation sites (tertiary alicyclic amines) is 1. The van der Waals surface area contributed by atoms with Crippen molar-refractivity contribution < 1.29 is 15.0 Å². The fourth-order valence-corrected chi connectivity index (χ4v) is 2.93. The van der Waals surface area contributed by atoms with Gasteiger partial charge < -0.3 is 20.4 Å². The van der Waals surface area contributed by atoms with Crippen LogP contribution < -0.4 is 5.32 Å². The monoisotopic (exact) mass is 326 g/mol. The molecule has 1 aliphatic heterocycles. The van der Waals surface area contributed by atoms with Crippen LogP contribution in [0.15, 0.2) is 48.5 Å². The second kappa shape index (κ2) is 6.63. The van der Waals surface area contributed by atoms with Crippen LogP contribution in [0, 0.1) is 6.92 Å². The number of hydrogen-bond acceptors (Lipinski definition) is 3. The molecule has 2 aromatic carbocycles. The number of nitrogens with zero attached hydrogens (tertiary/aromatic N) is 1. The van der Waals surface area contributed by atoms with Crippen LogP contribution in [0.3, 0.4) is 0 Å². The summed E-state index contributed by atoms with van der Waals surface area (Å²) in [6.45, 7) is 2.31. The van der Waals surface area contributed by atoms with Crippen LogP contribution in [-0.4, -0.2) is 46.4 Å². The molecule has 5 nitrogen and oxygen atoms in total. The molecule has 1 unspecified atom stereocenters. The molecule has 24 heavy (non-hydrogen) atoms. The summed E-state index contributed by atoms with van der Waals surface area (Å²) in [5.74, 6) is 0. The molecule has 1 fully saturated rings. The van der Waals surface area contributed by atoms with Crippen molar-refractivity contribution in [2.45, 2.75) is 18.9 Å². The summed E-state index contributed by atoms with van der Waals surface area (Å²) in [4.78, 5) is 13.8. The molecular formula is C19H22N2O3. The zero-order valence-electron chi connectivity index (χ0n) is 13.7. The van der Waals surface area contributed by atoms with Crippen molar-refractivity contribution in [2.75, 3.05) is 25.0 Å². The van der Waals surface area contributed by atoms with Gasteiger partial charge in [-0.05, 0) is 36.6 Å². The number of urea groups is 1. The molecule has 0 bridgehead atoms. The first kappa shape index (κ1) is 16.5. The summed E-state index contributed by atoms with van der Waals surface area (Å²) in [5, 5.41) is 22.0. The van der Waals surface area contributed by atoms with Gasteiger partial charge >= 0.3 is 6.03 Å². The molecule has 5 heteroatoms. The van der Waals surface area contributed by atoms with E-state index >= 15 is 0 Å². The van der Waals surface area contributed by atoms with Crippen molar-refractivity contribution in [1.29, 1.82) is 0 Å². The maximum atomic E-state index is 12.2. The molecular weight excluding hydrogens is 304 g/mol. The number of nitrogens with one attached hydrogen (secondary N) is 1. The highest BCUT2D eigenvalue weighted by Crippen LogP contribution is 2.24. The largest absolute Gasteiger partial charge is 0.393 e. The van der Waals surface area contributed by atoms with Crippen LogP contribution in [0.25, 0.3) is 11.1 Å². The van der Waals surface area contributed by atoms with Gasteiger partial charge in [0.05, 0.1) is 13.2 Å². The smallest absolute Gasteiger partial charge is 0.321 e. The number of anilines is 1. The summed E-state index contributed by atoms with van der Waals surface area (Å²) >= 11 is 0. The van der Waals surface area contributed by atoms with E-state index in [1.54, 1.807) is 0 Å². The van der Waals surface area contributed by atoms with E-state index in [9.17, 15) is 9.90 Å². The topological polar surface area (TPSA) is 72.8 Å². The number of aliphatic hydroxyl groups excluding tert-OH is 1. The molecule has 3 rings (SSSR count). The number of aliphatic hydroxyl groups is 2. The van der Waals surface area contributed by atoms with Crippen molar-refractivity contribution in [3.63, 3.8) is 0 Å². The quantitative estimate of drug-likeness (QED) is 0.812. The van der Waals surface area contributed by atoms with E-state index in [1.165, 1.54) is 10.5 Å². The lowest BCUT2D eigenvalue weighted by atomic mass is 10.0. The molecule has 1 heterocycles. The van der Waals surface area contributed by atoms with E-state index in [2.05, 4.69) is 30.4 Å². The highest BCUT2D eigenvalue weighted by atomic mass is 16.3. The van der Waals surface area contributed by atoms with Crippen molar-refractivity contribution >= 4 is 11.7 Å². The van der Waals surface area contributed by atoms with Gasteiger partial charge in [-0.1, -0.05) is 42.0 Å². The average molecular weight is 326 g/mol. The molecule has 2 amide bonds. The minimum Gasteiger partial charge on any atom is -0.393 e. The molecule has 3 N–H and O–H groups in total. The third-order valence-corrected chi connectivity index (χ3v) is 4.40. The Labute approximate surface area is 141 Å². The first-order chi connectivity index (χ1) is 11.5. The van der Waals surface area contributed by atoms with Crippen LogP contribution in [0.2, 0.25) is 0 Å². The van der Waals surface area contributed by atoms with E-state index in [-0.39, 0.29) is 19.2 Å².